The van der Waals surface area contributed by atoms with E-state index in [-0.39, 0.29) is 37.0 Å². The standard InChI is InChI=1S/C26H37ClN4O5/c1-2-3-10-18(11-7-12-23(33)31(35)17-8-5-4-6-9-17)36-22-14-13-20-19(24(22)27)15-30-21(16-32)25(34)29-26(30)28-20/h13-14,17-18,21,32,35H,2-12,15-16H2,1H3,(H,28,29,34). The van der Waals surface area contributed by atoms with Crippen molar-refractivity contribution in [1.29, 1.82) is 0 Å². The lowest BCUT2D eigenvalue weighted by Crippen LogP contribution is -2.39. The second kappa shape index (κ2) is 12.3. The lowest BCUT2D eigenvalue weighted by molar-refractivity contribution is -0.178. The number of aliphatic imine (C=N–C) groups is 1. The number of hydrogen-bond acceptors (Lipinski definition) is 7. The Bertz CT molecular complexity index is 981. The van der Waals surface area contributed by atoms with Gasteiger partial charge < -0.3 is 14.7 Å². The molecule has 4 rings (SSSR count). The molecule has 3 aliphatic rings. The van der Waals surface area contributed by atoms with E-state index in [1.54, 1.807) is 11.0 Å². The summed E-state index contributed by atoms with van der Waals surface area (Å²) < 4.78 is 6.34. The van der Waals surface area contributed by atoms with Crippen LogP contribution in [0.1, 0.15) is 83.1 Å². The van der Waals surface area contributed by atoms with Gasteiger partial charge in [-0.25, -0.2) is 10.1 Å². The van der Waals surface area contributed by atoms with Gasteiger partial charge >= 0.3 is 0 Å². The van der Waals surface area contributed by atoms with Crippen LogP contribution in [0.5, 0.6) is 5.75 Å². The summed E-state index contributed by atoms with van der Waals surface area (Å²) in [7, 11) is 0. The van der Waals surface area contributed by atoms with Crippen LogP contribution in [0.2, 0.25) is 5.02 Å². The van der Waals surface area contributed by atoms with E-state index in [9.17, 15) is 19.9 Å². The number of guanidine groups is 1. The number of hydroxylamine groups is 2. The highest BCUT2D eigenvalue weighted by atomic mass is 35.5. The fourth-order valence-corrected chi connectivity index (χ4v) is 5.50. The Morgan fingerprint density at radius 3 is 2.75 bits per heavy atom. The second-order valence-electron chi connectivity index (χ2n) is 9.93. The molecule has 0 radical (unpaired) electrons. The van der Waals surface area contributed by atoms with Crippen LogP contribution in [0.4, 0.5) is 5.69 Å². The predicted molar refractivity (Wildman–Crippen MR) is 136 cm³/mol. The maximum atomic E-state index is 12.5. The molecular formula is C26H37ClN4O5. The Labute approximate surface area is 217 Å². The normalized spacial score (nSPS) is 20.3. The zero-order valence-electron chi connectivity index (χ0n) is 20.9. The molecule has 2 amide bonds. The molecule has 2 unspecified atom stereocenters. The molecule has 198 valence electrons. The molecule has 1 aromatic carbocycles. The zero-order chi connectivity index (χ0) is 25.7. The summed E-state index contributed by atoms with van der Waals surface area (Å²) in [6, 6.07) is 2.88. The van der Waals surface area contributed by atoms with Crippen LogP contribution in [0.25, 0.3) is 0 Å². The van der Waals surface area contributed by atoms with Crippen molar-refractivity contribution < 1.29 is 24.6 Å². The van der Waals surface area contributed by atoms with E-state index in [1.165, 1.54) is 6.42 Å². The third-order valence-electron chi connectivity index (χ3n) is 7.36. The number of fused-ring (bicyclic) bond motifs is 2. The molecule has 2 aliphatic heterocycles. The van der Waals surface area contributed by atoms with E-state index in [0.29, 0.717) is 41.8 Å². The molecular weight excluding hydrogens is 484 g/mol. The SMILES string of the molecule is CCCCC(CCCC(=O)N(O)C1CCCCC1)Oc1ccc2c(c1Cl)CN1C(=N2)NC(=O)C1CO. The van der Waals surface area contributed by atoms with Gasteiger partial charge in [0.1, 0.15) is 11.8 Å². The Balaban J connectivity index is 1.38. The van der Waals surface area contributed by atoms with Crippen molar-refractivity contribution in [3.05, 3.63) is 22.7 Å². The van der Waals surface area contributed by atoms with E-state index in [2.05, 4.69) is 17.2 Å². The van der Waals surface area contributed by atoms with Gasteiger partial charge in [-0.3, -0.25) is 20.1 Å². The minimum Gasteiger partial charge on any atom is -0.489 e. The van der Waals surface area contributed by atoms with E-state index in [0.717, 1.165) is 55.6 Å². The lowest BCUT2D eigenvalue weighted by Gasteiger charge is -2.29. The molecule has 1 saturated carbocycles. The van der Waals surface area contributed by atoms with Crippen molar-refractivity contribution in [1.82, 2.24) is 15.3 Å². The van der Waals surface area contributed by atoms with Crippen molar-refractivity contribution in [2.24, 2.45) is 4.99 Å². The van der Waals surface area contributed by atoms with Crippen molar-refractivity contribution in [3.8, 4) is 5.75 Å². The topological polar surface area (TPSA) is 115 Å². The molecule has 3 N–H and O–H groups in total. The Kier molecular flexibility index (Phi) is 9.09. The third kappa shape index (κ3) is 5.95. The number of aliphatic hydroxyl groups excluding tert-OH is 1. The number of unbranched alkanes of at least 4 members (excludes halogenated alkanes) is 1. The van der Waals surface area contributed by atoms with Crippen molar-refractivity contribution >= 4 is 35.1 Å². The number of nitrogens with zero attached hydrogens (tertiary/aromatic N) is 3. The van der Waals surface area contributed by atoms with Crippen LogP contribution in [-0.4, -0.2) is 62.8 Å². The largest absolute Gasteiger partial charge is 0.489 e. The fourth-order valence-electron chi connectivity index (χ4n) is 5.23. The van der Waals surface area contributed by atoms with Crippen LogP contribution in [0.15, 0.2) is 17.1 Å². The van der Waals surface area contributed by atoms with Gasteiger partial charge in [-0.2, -0.15) is 0 Å². The highest BCUT2D eigenvalue weighted by Crippen LogP contribution is 2.40. The average molecular weight is 521 g/mol. The lowest BCUT2D eigenvalue weighted by atomic mass is 9.95. The molecule has 10 heteroatoms. The summed E-state index contributed by atoms with van der Waals surface area (Å²) in [5, 5.41) is 24.1. The van der Waals surface area contributed by atoms with Gasteiger partial charge in [-0.15, -0.1) is 0 Å². The first-order chi connectivity index (χ1) is 17.4. The first-order valence-corrected chi connectivity index (χ1v) is 13.6. The van der Waals surface area contributed by atoms with Crippen molar-refractivity contribution in [3.63, 3.8) is 0 Å². The smallest absolute Gasteiger partial charge is 0.251 e. The maximum absolute atomic E-state index is 12.5. The van der Waals surface area contributed by atoms with Gasteiger partial charge in [-0.05, 0) is 44.2 Å². The molecule has 1 aromatic rings. The summed E-state index contributed by atoms with van der Waals surface area (Å²) in [6.45, 7) is 2.16. The minimum absolute atomic E-state index is 0.0533. The van der Waals surface area contributed by atoms with Crippen LogP contribution in [-0.2, 0) is 16.1 Å². The van der Waals surface area contributed by atoms with Gasteiger partial charge in [0.2, 0.25) is 11.9 Å². The highest BCUT2D eigenvalue weighted by Gasteiger charge is 2.39. The third-order valence-corrected chi connectivity index (χ3v) is 7.78. The van der Waals surface area contributed by atoms with E-state index >= 15 is 0 Å². The molecule has 2 fully saturated rings. The molecule has 1 saturated heterocycles. The van der Waals surface area contributed by atoms with E-state index in [4.69, 9.17) is 16.3 Å². The van der Waals surface area contributed by atoms with Gasteiger partial charge in [-0.1, -0.05) is 50.6 Å². The van der Waals surface area contributed by atoms with Gasteiger partial charge in [0.05, 0.1) is 36.0 Å². The van der Waals surface area contributed by atoms with Crippen molar-refractivity contribution in [2.45, 2.75) is 102 Å². The van der Waals surface area contributed by atoms with Crippen LogP contribution in [0, 0.1) is 0 Å². The highest BCUT2D eigenvalue weighted by molar-refractivity contribution is 6.33. The number of nitrogens with one attached hydrogen (secondary N) is 1. The number of amides is 2. The molecule has 9 nitrogen and oxygen atoms in total. The summed E-state index contributed by atoms with van der Waals surface area (Å²) in [6.07, 6.45) is 9.34. The number of ether oxygens (including phenoxy) is 1. The van der Waals surface area contributed by atoms with Gasteiger partial charge in [0, 0.05) is 12.0 Å². The fraction of sp³-hybridized carbons (Fsp3) is 0.654. The Morgan fingerprint density at radius 2 is 2.03 bits per heavy atom. The monoisotopic (exact) mass is 520 g/mol. The summed E-state index contributed by atoms with van der Waals surface area (Å²) in [5.74, 6) is 0.471. The molecule has 2 atom stereocenters. The summed E-state index contributed by atoms with van der Waals surface area (Å²) in [5.41, 5.74) is 1.42. The average Bonchev–Trinajstić information content (AvgIpc) is 3.21. The minimum atomic E-state index is -0.688. The molecule has 1 aliphatic carbocycles. The number of carbonyl (C=O) groups is 2. The second-order valence-corrected chi connectivity index (χ2v) is 10.3. The number of benzene rings is 1. The maximum Gasteiger partial charge on any atom is 0.251 e. The van der Waals surface area contributed by atoms with E-state index in [1.807, 2.05) is 6.07 Å². The molecule has 0 spiro atoms. The Morgan fingerprint density at radius 1 is 1.28 bits per heavy atom. The number of rotatable bonds is 11. The Hall–Kier alpha value is -2.36. The quantitative estimate of drug-likeness (QED) is 0.296. The first-order valence-electron chi connectivity index (χ1n) is 13.2. The molecule has 0 aromatic heterocycles. The molecule has 0 bridgehead atoms. The number of hydrogen-bond donors (Lipinski definition) is 3. The van der Waals surface area contributed by atoms with Crippen LogP contribution < -0.4 is 10.1 Å². The molecule has 36 heavy (non-hydrogen) atoms. The summed E-state index contributed by atoms with van der Waals surface area (Å²) in [4.78, 5) is 30.9. The van der Waals surface area contributed by atoms with Gasteiger partial charge in [0.15, 0.2) is 0 Å². The number of aliphatic hydroxyl groups is 1. The summed E-state index contributed by atoms with van der Waals surface area (Å²) >= 11 is 6.75. The van der Waals surface area contributed by atoms with Crippen molar-refractivity contribution in [2.75, 3.05) is 6.61 Å². The zero-order valence-corrected chi connectivity index (χ0v) is 21.7. The predicted octanol–water partition coefficient (Wildman–Crippen LogP) is 4.29. The van der Waals surface area contributed by atoms with Crippen LogP contribution in [0.3, 0.4) is 0 Å². The van der Waals surface area contributed by atoms with E-state index < -0.39 is 6.04 Å². The first kappa shape index (κ1) is 26.7. The molecule has 2 heterocycles. The van der Waals surface area contributed by atoms with Crippen LogP contribution >= 0.6 is 11.6 Å². The number of carbonyl (C=O) groups excluding carboxylic acids is 2. The van der Waals surface area contributed by atoms with Gasteiger partial charge in [0.25, 0.3) is 5.91 Å². The number of halogens is 1.